The second-order valence-corrected chi connectivity index (χ2v) is 11.3. The van der Waals surface area contributed by atoms with Crippen molar-refractivity contribution in [3.05, 3.63) is 0 Å². The van der Waals surface area contributed by atoms with Crippen LogP contribution in [0, 0.1) is 0 Å². The van der Waals surface area contributed by atoms with Crippen LogP contribution < -0.4 is 5.32 Å². The van der Waals surface area contributed by atoms with Crippen molar-refractivity contribution in [2.75, 3.05) is 85.6 Å². The van der Waals surface area contributed by atoms with Crippen LogP contribution in [-0.2, 0) is 33.4 Å². The molecule has 2 unspecified atom stereocenters. The van der Waals surface area contributed by atoms with Crippen molar-refractivity contribution >= 4 is 36.7 Å². The van der Waals surface area contributed by atoms with Gasteiger partial charge in [-0.15, -0.1) is 0 Å². The van der Waals surface area contributed by atoms with Crippen LogP contribution in [0.1, 0.15) is 33.1 Å². The Balaban J connectivity index is 1.71. The molecular weight excluding hydrogens is 551 g/mol. The number of ketones is 1. The number of esters is 2. The Morgan fingerprint density at radius 3 is 2.29 bits per heavy atom. The van der Waals surface area contributed by atoms with Crippen LogP contribution in [0.4, 0.5) is 0 Å². The molecule has 3 aliphatic heterocycles. The van der Waals surface area contributed by atoms with Gasteiger partial charge in [0.2, 0.25) is 11.8 Å². The summed E-state index contributed by atoms with van der Waals surface area (Å²) < 4.78 is 10.8. The number of likely N-dealkylation sites (N-methyl/N-ethyl adjacent to an activating group) is 2. The Morgan fingerprint density at radius 1 is 0.952 bits per heavy atom. The van der Waals surface area contributed by atoms with Crippen molar-refractivity contribution in [3.63, 3.8) is 0 Å². The van der Waals surface area contributed by atoms with Gasteiger partial charge < -0.3 is 29.7 Å². The minimum atomic E-state index is -1.64. The summed E-state index contributed by atoms with van der Waals surface area (Å²) in [6.07, 6.45) is -0.359. The van der Waals surface area contributed by atoms with Gasteiger partial charge in [0.1, 0.15) is 6.04 Å². The molecule has 0 aromatic rings. The first kappa shape index (κ1) is 33.9. The molecule has 2 bridgehead atoms. The summed E-state index contributed by atoms with van der Waals surface area (Å²) in [5.74, 6) is -2.88. The number of Topliss-reactive ketones (excluding diaryl/α,β-unsaturated/α-hetero) is 1. The molecule has 0 aromatic carbocycles. The predicted molar refractivity (Wildman–Crippen MR) is 151 cm³/mol. The highest BCUT2D eigenvalue weighted by atomic mass is 16.7. The van der Waals surface area contributed by atoms with Crippen molar-refractivity contribution in [1.82, 2.24) is 29.8 Å². The van der Waals surface area contributed by atoms with E-state index in [2.05, 4.69) is 5.32 Å². The molecule has 4 atom stereocenters. The van der Waals surface area contributed by atoms with E-state index in [1.807, 2.05) is 26.5 Å². The van der Waals surface area contributed by atoms with Gasteiger partial charge in [-0.05, 0) is 33.4 Å². The van der Waals surface area contributed by atoms with E-state index in [0.29, 0.717) is 65.2 Å². The summed E-state index contributed by atoms with van der Waals surface area (Å²) in [5.41, 5.74) is 0. The second kappa shape index (κ2) is 16.3. The van der Waals surface area contributed by atoms with Crippen molar-refractivity contribution < 1.29 is 43.5 Å². The third kappa shape index (κ3) is 10.6. The van der Waals surface area contributed by atoms with Gasteiger partial charge in [-0.1, -0.05) is 6.92 Å². The lowest BCUT2D eigenvalue weighted by Gasteiger charge is -2.31. The fourth-order valence-electron chi connectivity index (χ4n) is 5.41. The maximum atomic E-state index is 13.1. The van der Waals surface area contributed by atoms with Gasteiger partial charge in [0.25, 0.3) is 6.29 Å². The molecule has 42 heavy (non-hydrogen) atoms. The number of rotatable bonds is 6. The summed E-state index contributed by atoms with van der Waals surface area (Å²) in [6, 6.07) is -0.856. The third-order valence-electron chi connectivity index (χ3n) is 7.82. The molecule has 0 aromatic heterocycles. The summed E-state index contributed by atoms with van der Waals surface area (Å²) >= 11 is 0. The molecule has 0 aliphatic carbocycles. The summed E-state index contributed by atoms with van der Waals surface area (Å²) in [4.78, 5) is 72.8. The van der Waals surface area contributed by atoms with Crippen LogP contribution in [0.2, 0.25) is 0 Å². The monoisotopic (exact) mass is 596 g/mol. The number of carbonyl (C=O) groups is 5. The molecule has 3 heterocycles. The Kier molecular flexibility index (Phi) is 13.1. The number of fused-ring (bicyclic) bond motifs is 4. The highest BCUT2D eigenvalue weighted by Gasteiger charge is 2.38. The zero-order chi connectivity index (χ0) is 30.8. The van der Waals surface area contributed by atoms with Gasteiger partial charge in [0.05, 0.1) is 38.5 Å². The van der Waals surface area contributed by atoms with E-state index in [1.54, 1.807) is 14.0 Å². The van der Waals surface area contributed by atoms with E-state index in [-0.39, 0.29) is 50.2 Å². The van der Waals surface area contributed by atoms with E-state index in [9.17, 15) is 34.0 Å². The highest BCUT2D eigenvalue weighted by molar-refractivity contribution is 6.43. The van der Waals surface area contributed by atoms with Gasteiger partial charge in [0, 0.05) is 45.8 Å². The highest BCUT2D eigenvalue weighted by Crippen LogP contribution is 2.19. The SMILES string of the molecule is CCN1CCN(CC(=O)N[C@H](C)C(=O)N2CCC[C@H]2B(O)O)CCN2CCN(C)CC(=O)CC(OC(=O)C1)OC(=O)C2. The topological polar surface area (TPSA) is 172 Å². The molecule has 16 heteroatoms. The van der Waals surface area contributed by atoms with Crippen molar-refractivity contribution in [1.29, 1.82) is 0 Å². The largest absolute Gasteiger partial charge is 0.475 e. The maximum Gasteiger partial charge on any atom is 0.475 e. The van der Waals surface area contributed by atoms with E-state index in [4.69, 9.17) is 9.47 Å². The van der Waals surface area contributed by atoms with E-state index < -0.39 is 37.3 Å². The Labute approximate surface area is 247 Å². The van der Waals surface area contributed by atoms with Gasteiger partial charge in [0.15, 0.2) is 5.78 Å². The molecule has 3 rings (SSSR count). The molecule has 0 saturated carbocycles. The molecule has 2 amide bonds. The van der Waals surface area contributed by atoms with E-state index in [1.165, 1.54) is 4.90 Å². The Morgan fingerprint density at radius 2 is 1.60 bits per heavy atom. The average Bonchev–Trinajstić information content (AvgIpc) is 3.40. The van der Waals surface area contributed by atoms with Crippen molar-refractivity contribution in [2.24, 2.45) is 0 Å². The lowest BCUT2D eigenvalue weighted by molar-refractivity contribution is -0.190. The first-order chi connectivity index (χ1) is 19.9. The molecule has 3 aliphatic rings. The van der Waals surface area contributed by atoms with Crippen LogP contribution in [0.3, 0.4) is 0 Å². The standard InChI is InChI=1S/C26H45BN6O9/c1-4-30-10-11-31(16-22(35)28-19(2)26(38)33-7-5-6-21(33)27(39)40)12-13-32-9-8-29(3)15-20(34)14-25(41-23(36)17-30)42-24(37)18-32/h19,21,25,39-40H,4-18H2,1-3H3,(H,28,35)/t19-,21+,25?/m1/s1. The molecule has 3 N–H and O–H groups in total. The number of likely N-dealkylation sites (tertiary alicyclic amines) is 1. The minimum Gasteiger partial charge on any atom is -0.426 e. The van der Waals surface area contributed by atoms with Crippen LogP contribution in [0.25, 0.3) is 0 Å². The zero-order valence-corrected chi connectivity index (χ0v) is 24.9. The third-order valence-corrected chi connectivity index (χ3v) is 7.82. The number of nitrogens with one attached hydrogen (secondary N) is 1. The lowest BCUT2D eigenvalue weighted by Crippen LogP contribution is -2.54. The average molecular weight is 596 g/mol. The van der Waals surface area contributed by atoms with E-state index >= 15 is 0 Å². The van der Waals surface area contributed by atoms with Gasteiger partial charge >= 0.3 is 19.1 Å². The second-order valence-electron chi connectivity index (χ2n) is 11.3. The molecular formula is C26H45BN6O9. The van der Waals surface area contributed by atoms with Crippen LogP contribution in [0.5, 0.6) is 0 Å². The molecule has 3 fully saturated rings. The fourth-order valence-corrected chi connectivity index (χ4v) is 5.41. The Hall–Kier alpha value is -2.63. The lowest BCUT2D eigenvalue weighted by atomic mass is 9.78. The number of nitrogens with zero attached hydrogens (tertiary/aromatic N) is 5. The molecule has 236 valence electrons. The van der Waals surface area contributed by atoms with Crippen LogP contribution in [-0.4, -0.2) is 175 Å². The summed E-state index contributed by atoms with van der Waals surface area (Å²) in [7, 11) is 0.161. The quantitative estimate of drug-likeness (QED) is 0.206. The number of amides is 2. The first-order valence-electron chi connectivity index (χ1n) is 14.7. The van der Waals surface area contributed by atoms with E-state index in [0.717, 1.165) is 0 Å². The molecule has 15 nitrogen and oxygen atoms in total. The normalized spacial score (nSPS) is 27.1. The molecule has 0 spiro atoms. The van der Waals surface area contributed by atoms with Crippen molar-refractivity contribution in [2.45, 2.75) is 51.4 Å². The Bertz CT molecular complexity index is 973. The summed E-state index contributed by atoms with van der Waals surface area (Å²) in [5, 5.41) is 21.9. The van der Waals surface area contributed by atoms with Gasteiger partial charge in [-0.2, -0.15) is 0 Å². The number of hydrogen-bond donors (Lipinski definition) is 3. The van der Waals surface area contributed by atoms with Gasteiger partial charge in [-0.25, -0.2) is 0 Å². The predicted octanol–water partition coefficient (Wildman–Crippen LogP) is -3.25. The van der Waals surface area contributed by atoms with Gasteiger partial charge in [-0.3, -0.25) is 43.6 Å². The fraction of sp³-hybridized carbons (Fsp3) is 0.808. The summed E-state index contributed by atoms with van der Waals surface area (Å²) in [6.45, 7) is 7.04. The maximum absolute atomic E-state index is 13.1. The smallest absolute Gasteiger partial charge is 0.426 e. The minimum absolute atomic E-state index is 0.0273. The van der Waals surface area contributed by atoms with Crippen LogP contribution in [0.15, 0.2) is 0 Å². The number of ether oxygens (including phenoxy) is 2. The van der Waals surface area contributed by atoms with Crippen molar-refractivity contribution in [3.8, 4) is 0 Å². The molecule has 0 radical (unpaired) electrons. The first-order valence-corrected chi connectivity index (χ1v) is 14.7. The molecule has 3 saturated heterocycles. The number of hydrogen-bond acceptors (Lipinski definition) is 13. The zero-order valence-electron chi connectivity index (χ0n) is 24.9. The van der Waals surface area contributed by atoms with Crippen LogP contribution >= 0.6 is 0 Å². The number of carbonyl (C=O) groups excluding carboxylic acids is 5.